The first-order valence-corrected chi connectivity index (χ1v) is 5.05. The highest BCUT2D eigenvalue weighted by Crippen LogP contribution is 2.29. The number of hydrogen-bond acceptors (Lipinski definition) is 0. The van der Waals surface area contributed by atoms with Crippen molar-refractivity contribution in [1.29, 1.82) is 0 Å². The zero-order valence-electron chi connectivity index (χ0n) is 8.62. The predicted octanol–water partition coefficient (Wildman–Crippen LogP) is 3.25. The van der Waals surface area contributed by atoms with Gasteiger partial charge in [-0.05, 0) is 24.3 Å². The van der Waals surface area contributed by atoms with E-state index in [1.54, 1.807) is 0 Å². The maximum absolute atomic E-state index is 3.27. The number of hydrogen-bond donors (Lipinski definition) is 2. The fourth-order valence-corrected chi connectivity index (χ4v) is 1.79. The Kier molecular flexibility index (Phi) is 2.44. The van der Waals surface area contributed by atoms with Crippen LogP contribution >= 0.6 is 0 Å². The van der Waals surface area contributed by atoms with E-state index in [2.05, 4.69) is 35.9 Å². The van der Waals surface area contributed by atoms with Crippen LogP contribution in [0.5, 0.6) is 0 Å². The molecule has 0 bridgehead atoms. The van der Waals surface area contributed by atoms with Crippen molar-refractivity contribution in [2.75, 3.05) is 0 Å². The van der Waals surface area contributed by atoms with E-state index < -0.39 is 0 Å². The molecule has 0 saturated carbocycles. The molecule has 14 heavy (non-hydrogen) atoms. The normalized spacial score (nSPS) is 15.3. The summed E-state index contributed by atoms with van der Waals surface area (Å²) in [6.45, 7) is 4.49. The third-order valence-corrected chi connectivity index (χ3v) is 2.98. The van der Waals surface area contributed by atoms with Gasteiger partial charge in [-0.25, -0.2) is 0 Å². The second-order valence-corrected chi connectivity index (χ2v) is 3.83. The van der Waals surface area contributed by atoms with E-state index in [0.717, 1.165) is 0 Å². The molecule has 0 aromatic carbocycles. The van der Waals surface area contributed by atoms with Gasteiger partial charge in [-0.2, -0.15) is 0 Å². The minimum Gasteiger partial charge on any atom is -0.365 e. The average molecular weight is 188 g/mol. The zero-order valence-corrected chi connectivity index (χ0v) is 8.62. The van der Waals surface area contributed by atoms with E-state index in [4.69, 9.17) is 0 Å². The Morgan fingerprint density at radius 2 is 1.29 bits per heavy atom. The van der Waals surface area contributed by atoms with Crippen LogP contribution in [0.4, 0.5) is 0 Å². The molecule has 2 heteroatoms. The molecule has 2 rings (SSSR count). The lowest BCUT2D eigenvalue weighted by molar-refractivity contribution is 0.599. The molecule has 2 nitrogen and oxygen atoms in total. The van der Waals surface area contributed by atoms with E-state index in [-0.39, 0.29) is 0 Å². The Morgan fingerprint density at radius 3 is 1.57 bits per heavy atom. The van der Waals surface area contributed by atoms with Gasteiger partial charge >= 0.3 is 0 Å². The van der Waals surface area contributed by atoms with Gasteiger partial charge in [0, 0.05) is 35.6 Å². The monoisotopic (exact) mass is 188 g/mol. The first-order chi connectivity index (χ1) is 6.79. The molecular weight excluding hydrogens is 172 g/mol. The number of nitrogens with one attached hydrogen (secondary N) is 2. The summed E-state index contributed by atoms with van der Waals surface area (Å²) in [6, 6.07) is 8.38. The predicted molar refractivity (Wildman–Crippen MR) is 58.4 cm³/mol. The smallest absolute Gasteiger partial charge is 0.0182 e. The van der Waals surface area contributed by atoms with Crippen molar-refractivity contribution in [1.82, 2.24) is 9.97 Å². The van der Waals surface area contributed by atoms with Crippen molar-refractivity contribution in [2.45, 2.75) is 25.7 Å². The van der Waals surface area contributed by atoms with Gasteiger partial charge in [0.1, 0.15) is 0 Å². The van der Waals surface area contributed by atoms with Crippen molar-refractivity contribution in [2.24, 2.45) is 0 Å². The molecule has 0 fully saturated rings. The van der Waals surface area contributed by atoms with Crippen LogP contribution in [0.2, 0.25) is 0 Å². The van der Waals surface area contributed by atoms with Crippen LogP contribution in [-0.4, -0.2) is 9.97 Å². The van der Waals surface area contributed by atoms with Crippen LogP contribution in [0.15, 0.2) is 36.7 Å². The number of aromatic nitrogens is 2. The second-order valence-electron chi connectivity index (χ2n) is 3.83. The molecule has 2 aromatic rings. The summed E-state index contributed by atoms with van der Waals surface area (Å²) in [6.07, 6.45) is 3.96. The first kappa shape index (κ1) is 9.13. The molecule has 0 radical (unpaired) electrons. The van der Waals surface area contributed by atoms with Gasteiger partial charge in [0.15, 0.2) is 0 Å². The highest BCUT2D eigenvalue weighted by molar-refractivity contribution is 5.18. The highest BCUT2D eigenvalue weighted by Gasteiger charge is 2.17. The van der Waals surface area contributed by atoms with Gasteiger partial charge < -0.3 is 9.97 Å². The lowest BCUT2D eigenvalue weighted by Crippen LogP contribution is -2.05. The fraction of sp³-hybridized carbons (Fsp3) is 0.333. The Balaban J connectivity index is 2.16. The Labute approximate surface area is 84.4 Å². The third-order valence-electron chi connectivity index (χ3n) is 2.98. The summed E-state index contributed by atoms with van der Waals surface area (Å²) in [4.78, 5) is 6.53. The summed E-state index contributed by atoms with van der Waals surface area (Å²) >= 11 is 0. The minimum absolute atomic E-state index is 0.517. The van der Waals surface area contributed by atoms with Gasteiger partial charge in [-0.15, -0.1) is 0 Å². The van der Waals surface area contributed by atoms with Crippen molar-refractivity contribution >= 4 is 0 Å². The third kappa shape index (κ3) is 1.60. The van der Waals surface area contributed by atoms with Crippen LogP contribution in [0, 0.1) is 0 Å². The summed E-state index contributed by atoms with van der Waals surface area (Å²) in [5.41, 5.74) is 2.60. The van der Waals surface area contributed by atoms with Crippen LogP contribution in [0.1, 0.15) is 37.1 Å². The summed E-state index contributed by atoms with van der Waals surface area (Å²) in [5, 5.41) is 0. The lowest BCUT2D eigenvalue weighted by atomic mass is 9.90. The fourth-order valence-electron chi connectivity index (χ4n) is 1.79. The molecule has 2 unspecified atom stereocenters. The molecule has 0 spiro atoms. The summed E-state index contributed by atoms with van der Waals surface area (Å²) in [5.74, 6) is 1.03. The van der Waals surface area contributed by atoms with Gasteiger partial charge in [0.05, 0.1) is 0 Å². The van der Waals surface area contributed by atoms with Crippen molar-refractivity contribution in [3.05, 3.63) is 48.0 Å². The van der Waals surface area contributed by atoms with Gasteiger partial charge in [-0.1, -0.05) is 13.8 Å². The molecule has 0 aliphatic carbocycles. The average Bonchev–Trinajstić information content (AvgIpc) is 2.87. The topological polar surface area (TPSA) is 31.6 Å². The van der Waals surface area contributed by atoms with Crippen molar-refractivity contribution in [3.8, 4) is 0 Å². The van der Waals surface area contributed by atoms with E-state index in [1.165, 1.54) is 11.4 Å². The second kappa shape index (κ2) is 3.74. The van der Waals surface area contributed by atoms with Crippen LogP contribution in [0.3, 0.4) is 0 Å². The highest BCUT2D eigenvalue weighted by atomic mass is 14.7. The molecular formula is C12H16N2. The Bertz CT molecular complexity index is 321. The molecule has 2 heterocycles. The first-order valence-electron chi connectivity index (χ1n) is 5.05. The van der Waals surface area contributed by atoms with E-state index in [1.807, 2.05) is 24.5 Å². The SMILES string of the molecule is CC(c1ccc[nH]1)C(C)c1ccc[nH]1. The van der Waals surface area contributed by atoms with E-state index in [0.29, 0.717) is 11.8 Å². The molecule has 0 aliphatic heterocycles. The van der Waals surface area contributed by atoms with Crippen LogP contribution < -0.4 is 0 Å². The molecule has 2 N–H and O–H groups in total. The zero-order chi connectivity index (χ0) is 9.97. The number of rotatable bonds is 3. The van der Waals surface area contributed by atoms with Crippen LogP contribution in [-0.2, 0) is 0 Å². The van der Waals surface area contributed by atoms with E-state index >= 15 is 0 Å². The van der Waals surface area contributed by atoms with Gasteiger partial charge in [-0.3, -0.25) is 0 Å². The number of H-pyrrole nitrogens is 2. The van der Waals surface area contributed by atoms with Crippen LogP contribution in [0.25, 0.3) is 0 Å². The minimum atomic E-state index is 0.517. The Hall–Kier alpha value is -1.44. The van der Waals surface area contributed by atoms with Crippen molar-refractivity contribution < 1.29 is 0 Å². The molecule has 0 amide bonds. The molecule has 74 valence electrons. The molecule has 0 saturated heterocycles. The molecule has 0 aliphatic rings. The lowest BCUT2D eigenvalue weighted by Gasteiger charge is -2.17. The number of aromatic amines is 2. The quantitative estimate of drug-likeness (QED) is 0.741. The summed E-state index contributed by atoms with van der Waals surface area (Å²) in [7, 11) is 0. The van der Waals surface area contributed by atoms with E-state index in [9.17, 15) is 0 Å². The molecule has 2 atom stereocenters. The summed E-state index contributed by atoms with van der Waals surface area (Å²) < 4.78 is 0. The maximum atomic E-state index is 3.27. The van der Waals surface area contributed by atoms with Crippen molar-refractivity contribution in [3.63, 3.8) is 0 Å². The largest absolute Gasteiger partial charge is 0.365 e. The maximum Gasteiger partial charge on any atom is 0.0182 e. The Morgan fingerprint density at radius 1 is 0.857 bits per heavy atom. The van der Waals surface area contributed by atoms with Gasteiger partial charge in [0.2, 0.25) is 0 Å². The standard InChI is InChI=1S/C12H16N2/c1-9(11-5-3-7-13-11)10(2)12-6-4-8-14-12/h3-10,13-14H,1-2H3. The van der Waals surface area contributed by atoms with Gasteiger partial charge in [0.25, 0.3) is 0 Å². The molecule has 2 aromatic heterocycles.